The molecule has 194 valence electrons. The third kappa shape index (κ3) is 6.19. The monoisotopic (exact) mass is 560 g/mol. The number of carboxylic acid groups (broad SMARTS) is 1. The van der Waals surface area contributed by atoms with E-state index in [0.717, 1.165) is 15.4 Å². The number of benzene rings is 2. The summed E-state index contributed by atoms with van der Waals surface area (Å²) in [6.07, 6.45) is 4.67. The number of rotatable bonds is 7. The van der Waals surface area contributed by atoms with Gasteiger partial charge in [-0.2, -0.15) is 9.57 Å². The Morgan fingerprint density at radius 3 is 2.68 bits per heavy atom. The number of nitriles is 1. The molecule has 0 saturated carbocycles. The van der Waals surface area contributed by atoms with E-state index in [4.69, 9.17) is 27.9 Å². The second kappa shape index (κ2) is 10.1. The number of carbonyl (C=O) groups is 1. The maximum absolute atomic E-state index is 13.7. The molecule has 0 radical (unpaired) electrons. The number of fused-ring (bicyclic) bond motifs is 1. The molecule has 2 aliphatic rings. The van der Waals surface area contributed by atoms with Crippen LogP contribution in [0.4, 0.5) is 0 Å². The number of aryl methyl sites for hydroxylation is 1. The van der Waals surface area contributed by atoms with Crippen LogP contribution in [0.15, 0.2) is 65.1 Å². The molecule has 0 amide bonds. The van der Waals surface area contributed by atoms with Gasteiger partial charge in [0.1, 0.15) is 17.9 Å². The maximum atomic E-state index is 13.7. The molecule has 0 spiro atoms. The van der Waals surface area contributed by atoms with Crippen molar-refractivity contribution < 1.29 is 23.1 Å². The van der Waals surface area contributed by atoms with Crippen LogP contribution in [0.2, 0.25) is 5.02 Å². The quantitative estimate of drug-likeness (QED) is 0.452. The lowest BCUT2D eigenvalue weighted by molar-refractivity contribution is -0.137. The highest BCUT2D eigenvalue weighted by atomic mass is 35.5. The average molecular weight is 561 g/mol. The molecule has 1 aliphatic carbocycles. The van der Waals surface area contributed by atoms with Crippen molar-refractivity contribution in [1.82, 2.24) is 4.31 Å². The predicted octanol–water partition coefficient (Wildman–Crippen LogP) is 5.43. The van der Waals surface area contributed by atoms with Crippen molar-refractivity contribution in [3.8, 4) is 11.8 Å². The molecule has 10 heteroatoms. The molecule has 4 rings (SSSR count). The van der Waals surface area contributed by atoms with Crippen LogP contribution in [-0.4, -0.2) is 47.4 Å². The van der Waals surface area contributed by atoms with E-state index in [1.807, 2.05) is 19.9 Å². The SMILES string of the molecule is CC1(C)CCc2cc(S(=O)(=O)N(CC(=O)O)CC3(Cl)C=C(C#N)C=C(c4cccc(Cl)c4)C3)ccc2O1. The van der Waals surface area contributed by atoms with Gasteiger partial charge in [-0.15, -0.1) is 11.6 Å². The van der Waals surface area contributed by atoms with Gasteiger partial charge in [-0.1, -0.05) is 23.7 Å². The number of hydrogen-bond acceptors (Lipinski definition) is 5. The van der Waals surface area contributed by atoms with Crippen molar-refractivity contribution in [3.05, 3.63) is 76.3 Å². The normalized spacial score (nSPS) is 20.8. The van der Waals surface area contributed by atoms with Crippen LogP contribution in [0.5, 0.6) is 5.75 Å². The molecule has 2 aromatic rings. The van der Waals surface area contributed by atoms with E-state index in [1.54, 1.807) is 30.3 Å². The fraction of sp³-hybridized carbons (Fsp3) is 0.333. The second-order valence-corrected chi connectivity index (χ2v) is 13.0. The van der Waals surface area contributed by atoms with Crippen molar-refractivity contribution in [2.45, 2.75) is 48.5 Å². The lowest BCUT2D eigenvalue weighted by Crippen LogP contribution is -2.45. The third-order valence-corrected chi connectivity index (χ3v) is 8.74. The maximum Gasteiger partial charge on any atom is 0.318 e. The van der Waals surface area contributed by atoms with Crippen molar-refractivity contribution in [2.24, 2.45) is 0 Å². The molecule has 0 aromatic heterocycles. The fourth-order valence-electron chi connectivity index (χ4n) is 4.58. The number of hydrogen-bond donors (Lipinski definition) is 1. The number of sulfonamides is 1. The highest BCUT2D eigenvalue weighted by Gasteiger charge is 2.38. The predicted molar refractivity (Wildman–Crippen MR) is 142 cm³/mol. The molecule has 37 heavy (non-hydrogen) atoms. The molecular weight excluding hydrogens is 535 g/mol. The van der Waals surface area contributed by atoms with Crippen LogP contribution in [0.25, 0.3) is 5.57 Å². The molecule has 1 aliphatic heterocycles. The first-order valence-electron chi connectivity index (χ1n) is 11.6. The van der Waals surface area contributed by atoms with Gasteiger partial charge in [0, 0.05) is 11.6 Å². The largest absolute Gasteiger partial charge is 0.488 e. The van der Waals surface area contributed by atoms with E-state index >= 15 is 0 Å². The zero-order valence-corrected chi connectivity index (χ0v) is 22.7. The number of alkyl halides is 1. The summed E-state index contributed by atoms with van der Waals surface area (Å²) in [4.78, 5) is 10.3. The lowest BCUT2D eigenvalue weighted by atomic mass is 9.86. The summed E-state index contributed by atoms with van der Waals surface area (Å²) < 4.78 is 34.2. The lowest BCUT2D eigenvalue weighted by Gasteiger charge is -2.34. The minimum atomic E-state index is -4.25. The minimum absolute atomic E-state index is 0.0398. The number of halogens is 2. The number of ether oxygens (including phenoxy) is 1. The van der Waals surface area contributed by atoms with Gasteiger partial charge in [0.2, 0.25) is 10.0 Å². The van der Waals surface area contributed by atoms with E-state index in [1.165, 1.54) is 18.2 Å². The zero-order valence-electron chi connectivity index (χ0n) is 20.4. The van der Waals surface area contributed by atoms with E-state index in [9.17, 15) is 23.6 Å². The van der Waals surface area contributed by atoms with Crippen molar-refractivity contribution in [3.63, 3.8) is 0 Å². The summed E-state index contributed by atoms with van der Waals surface area (Å²) in [6.45, 7) is 2.79. The Hall–Kier alpha value is -2.83. The van der Waals surface area contributed by atoms with Gasteiger partial charge in [-0.25, -0.2) is 8.42 Å². The number of aliphatic carboxylic acids is 1. The Bertz CT molecular complexity index is 1460. The molecule has 0 saturated heterocycles. The van der Waals surface area contributed by atoms with Gasteiger partial charge >= 0.3 is 5.97 Å². The molecule has 1 unspecified atom stereocenters. The molecule has 2 aromatic carbocycles. The van der Waals surface area contributed by atoms with Crippen LogP contribution < -0.4 is 4.74 Å². The highest BCUT2D eigenvalue weighted by Crippen LogP contribution is 2.40. The molecule has 1 N–H and O–H groups in total. The fourth-order valence-corrected chi connectivity index (χ4v) is 6.76. The van der Waals surface area contributed by atoms with Crippen LogP contribution in [0.3, 0.4) is 0 Å². The summed E-state index contributed by atoms with van der Waals surface area (Å²) in [6, 6.07) is 13.6. The molecule has 7 nitrogen and oxygen atoms in total. The topological polar surface area (TPSA) is 108 Å². The summed E-state index contributed by atoms with van der Waals surface area (Å²) in [7, 11) is -4.25. The standard InChI is InChI=1S/C27H26Cl2N2O5S/c1-26(2)9-8-20-12-23(6-7-24(20)36-26)37(34,35)31(16-25(32)33)17-27(29)13-18(15-30)10-21(14-27)19-4-3-5-22(28)11-19/h3-7,10-13H,8-9,14,16-17H2,1-2H3,(H,32,33). The van der Waals surface area contributed by atoms with Gasteiger partial charge < -0.3 is 9.84 Å². The van der Waals surface area contributed by atoms with Crippen molar-refractivity contribution in [2.75, 3.05) is 13.1 Å². The summed E-state index contributed by atoms with van der Waals surface area (Å²) in [5.41, 5.74) is 2.07. The summed E-state index contributed by atoms with van der Waals surface area (Å²) in [5, 5.41) is 19.7. The summed E-state index contributed by atoms with van der Waals surface area (Å²) >= 11 is 13.1. The third-order valence-electron chi connectivity index (χ3n) is 6.36. The zero-order chi connectivity index (χ0) is 27.0. The van der Waals surface area contributed by atoms with Gasteiger partial charge in [0.25, 0.3) is 0 Å². The van der Waals surface area contributed by atoms with Crippen molar-refractivity contribution >= 4 is 44.8 Å². The van der Waals surface area contributed by atoms with Crippen LogP contribution in [0.1, 0.15) is 37.8 Å². The van der Waals surface area contributed by atoms with Gasteiger partial charge in [0.15, 0.2) is 0 Å². The Balaban J connectivity index is 1.68. The molecule has 0 fully saturated rings. The Morgan fingerprint density at radius 2 is 2.00 bits per heavy atom. The highest BCUT2D eigenvalue weighted by molar-refractivity contribution is 7.89. The number of carboxylic acids is 1. The first-order valence-corrected chi connectivity index (χ1v) is 13.8. The van der Waals surface area contributed by atoms with Gasteiger partial charge in [0.05, 0.1) is 21.4 Å². The Labute approximate surface area is 226 Å². The molecule has 1 heterocycles. The smallest absolute Gasteiger partial charge is 0.318 e. The van der Waals surface area contributed by atoms with E-state index in [0.29, 0.717) is 29.2 Å². The van der Waals surface area contributed by atoms with Crippen LogP contribution in [0, 0.1) is 11.3 Å². The Kier molecular flexibility index (Phi) is 7.46. The minimum Gasteiger partial charge on any atom is -0.488 e. The Morgan fingerprint density at radius 1 is 1.24 bits per heavy atom. The van der Waals surface area contributed by atoms with Crippen molar-refractivity contribution in [1.29, 1.82) is 5.26 Å². The molecule has 0 bridgehead atoms. The average Bonchev–Trinajstić information content (AvgIpc) is 2.82. The van der Waals surface area contributed by atoms with Gasteiger partial charge in [-0.3, -0.25) is 4.79 Å². The molecule has 1 atom stereocenters. The van der Waals surface area contributed by atoms with E-state index in [2.05, 4.69) is 6.07 Å². The second-order valence-electron chi connectivity index (χ2n) is 9.90. The summed E-state index contributed by atoms with van der Waals surface area (Å²) in [5.74, 6) is -0.711. The van der Waals surface area contributed by atoms with Crippen LogP contribution in [-0.2, 0) is 21.2 Å². The number of allylic oxidation sites excluding steroid dienone is 3. The first kappa shape index (κ1) is 27.2. The number of nitrogens with zero attached hydrogens (tertiary/aromatic N) is 2. The van der Waals surface area contributed by atoms with E-state index < -0.39 is 27.4 Å². The van der Waals surface area contributed by atoms with Gasteiger partial charge in [-0.05, 0) is 92.3 Å². The van der Waals surface area contributed by atoms with Crippen LogP contribution >= 0.6 is 23.2 Å². The van der Waals surface area contributed by atoms with E-state index in [-0.39, 0.29) is 29.0 Å². The molecular formula is C27H26Cl2N2O5S. The first-order chi connectivity index (χ1) is 17.3.